The van der Waals surface area contributed by atoms with Gasteiger partial charge in [0.2, 0.25) is 0 Å². The highest BCUT2D eigenvalue weighted by Gasteiger charge is 2.20. The predicted octanol–water partition coefficient (Wildman–Crippen LogP) is 15.7. The van der Waals surface area contributed by atoms with Crippen LogP contribution in [-0.2, 0) is 4.79 Å². The number of unbranched alkanes of at least 4 members (excludes halogenated alkanes) is 15. The lowest BCUT2D eigenvalue weighted by atomic mass is 10.0. The van der Waals surface area contributed by atoms with Crippen molar-refractivity contribution in [3.63, 3.8) is 0 Å². The Bertz CT molecular complexity index is 3070. The molecular formula is C62H68N8O2. The van der Waals surface area contributed by atoms with Gasteiger partial charge in [0.25, 0.3) is 5.91 Å². The van der Waals surface area contributed by atoms with Crippen LogP contribution in [0.25, 0.3) is 90.9 Å². The number of pyridine rings is 3. The summed E-state index contributed by atoms with van der Waals surface area (Å²) < 4.78 is 6.23. The summed E-state index contributed by atoms with van der Waals surface area (Å²) in [4.78, 5) is 44.5. The van der Waals surface area contributed by atoms with Gasteiger partial charge in [-0.1, -0.05) is 115 Å². The average molecular weight is 957 g/mol. The number of H-pyrrole nitrogens is 2. The van der Waals surface area contributed by atoms with Crippen molar-refractivity contribution >= 4 is 52.3 Å². The zero-order valence-corrected chi connectivity index (χ0v) is 42.0. The van der Waals surface area contributed by atoms with Crippen LogP contribution in [0.1, 0.15) is 139 Å². The molecule has 0 saturated heterocycles. The summed E-state index contributed by atoms with van der Waals surface area (Å²) in [5.74, 6) is 0.514. The molecule has 0 spiro atoms. The fourth-order valence-electron chi connectivity index (χ4n) is 9.96. The molecule has 10 nitrogen and oxygen atoms in total. The van der Waals surface area contributed by atoms with E-state index in [0.29, 0.717) is 12.3 Å². The molecule has 0 fully saturated rings. The number of hydrogen-bond donors (Lipinski definition) is 3. The largest absolute Gasteiger partial charge is 0.481 e. The fraction of sp³-hybridized carbons (Fsp3) is 0.323. The molecule has 9 rings (SSSR count). The van der Waals surface area contributed by atoms with E-state index in [1.54, 1.807) is 0 Å². The Labute approximate surface area is 424 Å². The number of ether oxygens (including phenoxy) is 1. The first-order valence-corrected chi connectivity index (χ1v) is 26.5. The van der Waals surface area contributed by atoms with E-state index in [2.05, 4.69) is 85.7 Å². The minimum atomic E-state index is -0.640. The Morgan fingerprint density at radius 1 is 0.444 bits per heavy atom. The molecule has 0 radical (unpaired) electrons. The van der Waals surface area contributed by atoms with E-state index in [4.69, 9.17) is 14.7 Å². The zero-order valence-electron chi connectivity index (χ0n) is 42.0. The maximum Gasteiger partial charge on any atom is 0.260 e. The summed E-state index contributed by atoms with van der Waals surface area (Å²) in [6.07, 6.45) is 39.7. The van der Waals surface area contributed by atoms with Crippen LogP contribution in [0.3, 0.4) is 0 Å². The second-order valence-electron chi connectivity index (χ2n) is 19.1. The second-order valence-corrected chi connectivity index (χ2v) is 19.1. The normalized spacial score (nSPS) is 12.3. The maximum absolute atomic E-state index is 13.2. The van der Waals surface area contributed by atoms with Gasteiger partial charge in [-0.25, -0.2) is 9.97 Å². The summed E-state index contributed by atoms with van der Waals surface area (Å²) in [6, 6.07) is 28.5. The van der Waals surface area contributed by atoms with E-state index >= 15 is 0 Å². The van der Waals surface area contributed by atoms with E-state index in [1.807, 2.05) is 105 Å². The lowest BCUT2D eigenvalue weighted by Gasteiger charge is -2.15. The molecule has 6 aromatic heterocycles. The third-order valence-corrected chi connectivity index (χ3v) is 13.8. The van der Waals surface area contributed by atoms with Gasteiger partial charge in [0.1, 0.15) is 5.75 Å². The number of fused-ring (bicyclic) bond motifs is 8. The predicted molar refractivity (Wildman–Crippen MR) is 297 cm³/mol. The van der Waals surface area contributed by atoms with Gasteiger partial charge in [-0.15, -0.1) is 0 Å². The van der Waals surface area contributed by atoms with Crippen molar-refractivity contribution in [2.45, 2.75) is 123 Å². The number of carbonyl (C=O) groups is 1. The molecule has 0 saturated carbocycles. The first-order chi connectivity index (χ1) is 35.5. The van der Waals surface area contributed by atoms with E-state index in [-0.39, 0.29) is 5.91 Å². The minimum absolute atomic E-state index is 0.103. The molecule has 1 amide bonds. The molecule has 2 aliphatic rings. The van der Waals surface area contributed by atoms with Crippen molar-refractivity contribution in [3.8, 4) is 50.3 Å². The Kier molecular flexibility index (Phi) is 17.3. The van der Waals surface area contributed by atoms with Crippen molar-refractivity contribution in [2.24, 2.45) is 0 Å². The quantitative estimate of drug-likeness (QED) is 0.0513. The molecule has 2 aliphatic heterocycles. The van der Waals surface area contributed by atoms with Crippen LogP contribution in [0.4, 0.5) is 0 Å². The molecule has 368 valence electrons. The molecule has 10 heteroatoms. The molecule has 1 atom stereocenters. The minimum Gasteiger partial charge on any atom is -0.481 e. The molecule has 0 unspecified atom stereocenters. The van der Waals surface area contributed by atoms with E-state index in [1.165, 1.54) is 89.9 Å². The van der Waals surface area contributed by atoms with Crippen LogP contribution < -0.4 is 10.1 Å². The molecule has 8 bridgehead atoms. The lowest BCUT2D eigenvalue weighted by molar-refractivity contribution is -0.127. The van der Waals surface area contributed by atoms with Crippen LogP contribution >= 0.6 is 0 Å². The molecule has 8 heterocycles. The Hall–Kier alpha value is -7.46. The number of benzene rings is 1. The summed E-state index contributed by atoms with van der Waals surface area (Å²) >= 11 is 0. The van der Waals surface area contributed by atoms with Crippen LogP contribution in [0.2, 0.25) is 0 Å². The van der Waals surface area contributed by atoms with Gasteiger partial charge < -0.3 is 20.0 Å². The van der Waals surface area contributed by atoms with Crippen molar-refractivity contribution < 1.29 is 9.53 Å². The number of hydrogen-bond acceptors (Lipinski definition) is 7. The van der Waals surface area contributed by atoms with Crippen LogP contribution in [0.15, 0.2) is 122 Å². The topological polar surface area (TPSA) is 134 Å². The van der Waals surface area contributed by atoms with E-state index in [0.717, 1.165) is 102 Å². The Morgan fingerprint density at radius 3 is 1.11 bits per heavy atom. The summed E-state index contributed by atoms with van der Waals surface area (Å²) in [7, 11) is 0. The molecular weight excluding hydrogens is 889 g/mol. The van der Waals surface area contributed by atoms with Crippen molar-refractivity contribution in [1.82, 2.24) is 40.2 Å². The zero-order chi connectivity index (χ0) is 49.3. The second kappa shape index (κ2) is 25.1. The van der Waals surface area contributed by atoms with Gasteiger partial charge >= 0.3 is 0 Å². The first-order valence-electron chi connectivity index (χ1n) is 26.5. The number of nitrogens with one attached hydrogen (secondary N) is 3. The monoisotopic (exact) mass is 957 g/mol. The van der Waals surface area contributed by atoms with Gasteiger partial charge in [-0.2, -0.15) is 0 Å². The van der Waals surface area contributed by atoms with Crippen LogP contribution in [0, 0.1) is 0 Å². The average Bonchev–Trinajstić information content (AvgIpc) is 4.28. The third-order valence-electron chi connectivity index (χ3n) is 13.8. The summed E-state index contributed by atoms with van der Waals surface area (Å²) in [6.45, 7) is 4.76. The SMILES string of the molecule is CCCCCCCCCCCCCCCCCCNC(=O)[C@@H](C)Oc1ccc(-c2c3nc(c(-c4ccncc4)c4ccc([nH]4)c(-c4ccncc4)c4nc(c(-c5ccncc5)c5ccc2[nH]5)C=C4)C=C3)cc1. The molecule has 0 aliphatic carbocycles. The maximum atomic E-state index is 13.2. The smallest absolute Gasteiger partial charge is 0.260 e. The summed E-state index contributed by atoms with van der Waals surface area (Å²) in [5, 5.41) is 3.11. The van der Waals surface area contributed by atoms with Gasteiger partial charge in [0, 0.05) is 88.0 Å². The fourth-order valence-corrected chi connectivity index (χ4v) is 9.96. The van der Waals surface area contributed by atoms with Gasteiger partial charge in [0.05, 0.1) is 22.8 Å². The van der Waals surface area contributed by atoms with Crippen molar-refractivity contribution in [1.29, 1.82) is 0 Å². The Morgan fingerprint density at radius 2 is 0.764 bits per heavy atom. The van der Waals surface area contributed by atoms with Crippen LogP contribution in [-0.4, -0.2) is 53.4 Å². The number of amides is 1. The van der Waals surface area contributed by atoms with E-state index in [9.17, 15) is 4.79 Å². The van der Waals surface area contributed by atoms with Crippen molar-refractivity contribution in [2.75, 3.05) is 6.54 Å². The number of rotatable bonds is 24. The molecule has 1 aromatic carbocycles. The van der Waals surface area contributed by atoms with Crippen molar-refractivity contribution in [3.05, 3.63) is 145 Å². The molecule has 3 N–H and O–H groups in total. The molecule has 72 heavy (non-hydrogen) atoms. The third kappa shape index (κ3) is 12.5. The van der Waals surface area contributed by atoms with Gasteiger partial charge in [-0.05, 0) is 133 Å². The summed E-state index contributed by atoms with van der Waals surface area (Å²) in [5.41, 5.74) is 14.5. The number of carbonyl (C=O) groups excluding carboxylic acids is 1. The number of aromatic nitrogens is 7. The first kappa shape index (κ1) is 49.5. The number of nitrogens with zero attached hydrogens (tertiary/aromatic N) is 5. The van der Waals surface area contributed by atoms with Gasteiger partial charge in [-0.3, -0.25) is 19.7 Å². The van der Waals surface area contributed by atoms with Crippen LogP contribution in [0.5, 0.6) is 5.75 Å². The highest BCUT2D eigenvalue weighted by molar-refractivity contribution is 5.99. The van der Waals surface area contributed by atoms with E-state index < -0.39 is 6.10 Å². The lowest BCUT2D eigenvalue weighted by Crippen LogP contribution is -2.36. The standard InChI is InChI=1S/C62H68N8O2/c1-3-4-5-6-7-8-9-10-11-12-13-14-15-16-17-18-37-66-62(71)44(2)72-49-21-19-45(20-22-49)58-50-23-25-52(67-50)59(46-31-38-63-39-32-46)54-27-29-56(69-54)61(48-35-42-65-43-36-48)57-30-28-55(70-57)60(47-33-40-64-41-34-47)53-26-24-51(58)68-53/h19-36,38-44,67,70H,3-18,37H2,1-2H3,(H,66,71)/t44-/m1/s1. The Balaban J connectivity index is 0.945. The highest BCUT2D eigenvalue weighted by Crippen LogP contribution is 2.38. The number of aromatic amines is 2. The highest BCUT2D eigenvalue weighted by atomic mass is 16.5. The molecule has 7 aromatic rings. The van der Waals surface area contributed by atoms with Gasteiger partial charge in [0.15, 0.2) is 6.10 Å².